The van der Waals surface area contributed by atoms with Gasteiger partial charge in [-0.2, -0.15) is 0 Å². The predicted molar refractivity (Wildman–Crippen MR) is 46.9 cm³/mol. The molecule has 0 spiro atoms. The van der Waals surface area contributed by atoms with Crippen molar-refractivity contribution in [3.05, 3.63) is 12.3 Å². The number of nitrogens with zero attached hydrogens (tertiary/aromatic N) is 1. The molecular formula is C8H15NO4. The average molecular weight is 189 g/mol. The first kappa shape index (κ1) is 11.9. The quantitative estimate of drug-likeness (QED) is 0.412. The van der Waals surface area contributed by atoms with E-state index in [1.165, 1.54) is 19.4 Å². The van der Waals surface area contributed by atoms with Gasteiger partial charge in [-0.25, -0.2) is 4.79 Å². The van der Waals surface area contributed by atoms with Crippen LogP contribution in [0.15, 0.2) is 12.3 Å². The zero-order valence-corrected chi connectivity index (χ0v) is 7.64. The van der Waals surface area contributed by atoms with Crippen LogP contribution in [0.2, 0.25) is 0 Å². The van der Waals surface area contributed by atoms with Gasteiger partial charge in [0.2, 0.25) is 0 Å². The number of carbonyl (C=O) groups is 1. The highest BCUT2D eigenvalue weighted by molar-refractivity contribution is 5.81. The van der Waals surface area contributed by atoms with Crippen LogP contribution >= 0.6 is 0 Å². The van der Waals surface area contributed by atoms with Gasteiger partial charge in [0.05, 0.1) is 20.3 Å². The van der Waals surface area contributed by atoms with Crippen molar-refractivity contribution in [2.24, 2.45) is 0 Å². The summed E-state index contributed by atoms with van der Waals surface area (Å²) in [6.45, 7) is 0.721. The Balaban J connectivity index is 3.91. The zero-order valence-electron chi connectivity index (χ0n) is 7.64. The van der Waals surface area contributed by atoms with Crippen LogP contribution in [0, 0.1) is 0 Å². The van der Waals surface area contributed by atoms with Crippen molar-refractivity contribution in [2.75, 3.05) is 33.4 Å². The first-order valence-corrected chi connectivity index (χ1v) is 3.96. The number of esters is 1. The summed E-state index contributed by atoms with van der Waals surface area (Å²) in [4.78, 5) is 12.3. The van der Waals surface area contributed by atoms with E-state index < -0.39 is 5.97 Å². The molecule has 0 heterocycles. The van der Waals surface area contributed by atoms with Gasteiger partial charge in [-0.1, -0.05) is 0 Å². The van der Waals surface area contributed by atoms with E-state index in [9.17, 15) is 4.79 Å². The lowest BCUT2D eigenvalue weighted by atomic mass is 10.5. The molecule has 76 valence electrons. The lowest BCUT2D eigenvalue weighted by molar-refractivity contribution is -0.134. The van der Waals surface area contributed by atoms with Crippen molar-refractivity contribution in [2.45, 2.75) is 0 Å². The summed E-state index contributed by atoms with van der Waals surface area (Å²) in [6, 6.07) is 0. The molecule has 0 radical (unpaired) electrons. The summed E-state index contributed by atoms with van der Waals surface area (Å²) in [6.07, 6.45) is 2.73. The first-order valence-electron chi connectivity index (χ1n) is 3.96. The van der Waals surface area contributed by atoms with Gasteiger partial charge < -0.3 is 19.8 Å². The highest BCUT2D eigenvalue weighted by Crippen LogP contribution is 1.89. The average Bonchev–Trinajstić information content (AvgIpc) is 2.14. The van der Waals surface area contributed by atoms with Crippen LogP contribution < -0.4 is 0 Å². The molecular weight excluding hydrogens is 174 g/mol. The Labute approximate surface area is 77.2 Å². The molecule has 13 heavy (non-hydrogen) atoms. The van der Waals surface area contributed by atoms with Crippen LogP contribution in [0.1, 0.15) is 0 Å². The van der Waals surface area contributed by atoms with Gasteiger partial charge in [0.25, 0.3) is 0 Å². The number of ether oxygens (including phenoxy) is 1. The number of carbonyl (C=O) groups excluding carboxylic acids is 1. The molecule has 0 saturated carbocycles. The maximum absolute atomic E-state index is 10.7. The van der Waals surface area contributed by atoms with Crippen LogP contribution in [0.5, 0.6) is 0 Å². The second-order valence-electron chi connectivity index (χ2n) is 2.32. The monoisotopic (exact) mass is 189 g/mol. The Morgan fingerprint density at radius 1 is 1.38 bits per heavy atom. The molecule has 0 saturated heterocycles. The third-order valence-electron chi connectivity index (χ3n) is 1.40. The van der Waals surface area contributed by atoms with E-state index >= 15 is 0 Å². The fraction of sp³-hybridized carbons (Fsp3) is 0.625. The maximum Gasteiger partial charge on any atom is 0.331 e. The molecule has 0 atom stereocenters. The molecule has 0 aromatic carbocycles. The highest BCUT2D eigenvalue weighted by Gasteiger charge is 1.98. The van der Waals surface area contributed by atoms with Gasteiger partial charge in [-0.3, -0.25) is 0 Å². The second-order valence-corrected chi connectivity index (χ2v) is 2.32. The number of hydrogen-bond acceptors (Lipinski definition) is 5. The number of aliphatic hydroxyl groups excluding tert-OH is 2. The molecule has 0 aliphatic rings. The van der Waals surface area contributed by atoms with Gasteiger partial charge >= 0.3 is 5.97 Å². The van der Waals surface area contributed by atoms with Crippen molar-refractivity contribution < 1.29 is 19.7 Å². The summed E-state index contributed by atoms with van der Waals surface area (Å²) < 4.78 is 4.38. The van der Waals surface area contributed by atoms with Crippen molar-refractivity contribution in [3.8, 4) is 0 Å². The van der Waals surface area contributed by atoms with E-state index in [0.717, 1.165) is 0 Å². The molecule has 0 aliphatic heterocycles. The molecule has 0 fully saturated rings. The van der Waals surface area contributed by atoms with Crippen LogP contribution in [0.25, 0.3) is 0 Å². The number of hydrogen-bond donors (Lipinski definition) is 2. The van der Waals surface area contributed by atoms with Gasteiger partial charge in [-0.05, 0) is 0 Å². The summed E-state index contributed by atoms with van der Waals surface area (Å²) >= 11 is 0. The molecule has 0 aromatic heterocycles. The Hall–Kier alpha value is -1.07. The molecule has 0 aliphatic carbocycles. The van der Waals surface area contributed by atoms with Gasteiger partial charge in [0, 0.05) is 25.4 Å². The van der Waals surface area contributed by atoms with Crippen molar-refractivity contribution in [3.63, 3.8) is 0 Å². The third kappa shape index (κ3) is 6.12. The molecule has 0 unspecified atom stereocenters. The van der Waals surface area contributed by atoms with E-state index in [4.69, 9.17) is 10.2 Å². The van der Waals surface area contributed by atoms with Crippen molar-refractivity contribution in [1.29, 1.82) is 0 Å². The summed E-state index contributed by atoms with van der Waals surface area (Å²) in [5.41, 5.74) is 0. The van der Waals surface area contributed by atoms with E-state index in [2.05, 4.69) is 4.74 Å². The van der Waals surface area contributed by atoms with Gasteiger partial charge in [-0.15, -0.1) is 0 Å². The summed E-state index contributed by atoms with van der Waals surface area (Å²) in [5.74, 6) is -0.458. The standard InChI is InChI=1S/C8H15NO4/c1-13-8(12)2-3-9(4-6-10)5-7-11/h2-3,10-11H,4-7H2,1H3. The molecule has 0 amide bonds. The minimum absolute atomic E-state index is 0.0223. The second kappa shape index (κ2) is 7.57. The van der Waals surface area contributed by atoms with E-state index in [-0.39, 0.29) is 13.2 Å². The fourth-order valence-corrected chi connectivity index (χ4v) is 0.752. The largest absolute Gasteiger partial charge is 0.466 e. The SMILES string of the molecule is COC(=O)C=CN(CCO)CCO. The summed E-state index contributed by atoms with van der Waals surface area (Å²) in [5, 5.41) is 17.2. The Bertz CT molecular complexity index is 164. The fourth-order valence-electron chi connectivity index (χ4n) is 0.752. The number of rotatable bonds is 6. The zero-order chi connectivity index (χ0) is 10.1. The lowest BCUT2D eigenvalue weighted by Crippen LogP contribution is -2.24. The van der Waals surface area contributed by atoms with E-state index in [1.54, 1.807) is 4.90 Å². The van der Waals surface area contributed by atoms with E-state index in [1.807, 2.05) is 0 Å². The third-order valence-corrected chi connectivity index (χ3v) is 1.40. The number of methoxy groups -OCH3 is 1. The van der Waals surface area contributed by atoms with Crippen LogP contribution in [0.3, 0.4) is 0 Å². The normalized spacial score (nSPS) is 10.4. The maximum atomic E-state index is 10.7. The predicted octanol–water partition coefficient (Wildman–Crippen LogP) is -1.04. The van der Waals surface area contributed by atoms with Crippen LogP contribution in [0.4, 0.5) is 0 Å². The Kier molecular flexibility index (Phi) is 6.95. The highest BCUT2D eigenvalue weighted by atomic mass is 16.5. The molecule has 2 N–H and O–H groups in total. The van der Waals surface area contributed by atoms with E-state index in [0.29, 0.717) is 13.1 Å². The van der Waals surface area contributed by atoms with Crippen LogP contribution in [-0.2, 0) is 9.53 Å². The molecule has 0 bridgehead atoms. The van der Waals surface area contributed by atoms with Crippen molar-refractivity contribution in [1.82, 2.24) is 4.90 Å². The first-order chi connectivity index (χ1) is 6.24. The minimum atomic E-state index is -0.458. The van der Waals surface area contributed by atoms with Gasteiger partial charge in [0.1, 0.15) is 0 Å². The number of aliphatic hydroxyl groups is 2. The smallest absolute Gasteiger partial charge is 0.331 e. The molecule has 5 nitrogen and oxygen atoms in total. The summed E-state index contributed by atoms with van der Waals surface area (Å²) in [7, 11) is 1.29. The van der Waals surface area contributed by atoms with Crippen LogP contribution in [-0.4, -0.2) is 54.5 Å². The Morgan fingerprint density at radius 3 is 2.31 bits per heavy atom. The molecule has 0 rings (SSSR count). The topological polar surface area (TPSA) is 70.0 Å². The molecule has 0 aromatic rings. The van der Waals surface area contributed by atoms with Crippen molar-refractivity contribution >= 4 is 5.97 Å². The van der Waals surface area contributed by atoms with Gasteiger partial charge in [0.15, 0.2) is 0 Å². The lowest BCUT2D eigenvalue weighted by Gasteiger charge is -2.16. The minimum Gasteiger partial charge on any atom is -0.466 e. The Morgan fingerprint density at radius 2 is 1.92 bits per heavy atom. The molecule has 5 heteroatoms.